The third-order valence-electron chi connectivity index (χ3n) is 4.28. The van der Waals surface area contributed by atoms with Gasteiger partial charge >= 0.3 is 6.18 Å². The number of hydrogen-bond donors (Lipinski definition) is 1. The van der Waals surface area contributed by atoms with Crippen LogP contribution in [0.2, 0.25) is 5.02 Å². The fourth-order valence-corrected chi connectivity index (χ4v) is 3.21. The first-order chi connectivity index (χ1) is 14.3. The van der Waals surface area contributed by atoms with Gasteiger partial charge in [-0.15, -0.1) is 0 Å². The highest BCUT2D eigenvalue weighted by Crippen LogP contribution is 2.38. The molecule has 152 valence electrons. The molecule has 0 aliphatic carbocycles. The van der Waals surface area contributed by atoms with E-state index in [0.717, 1.165) is 12.4 Å². The summed E-state index contributed by atoms with van der Waals surface area (Å²) >= 11 is 5.94. The Balaban J connectivity index is 1.77. The summed E-state index contributed by atoms with van der Waals surface area (Å²) in [5.74, 6) is 0.565. The standard InChI is InChI=1S/C19H13ClF3N7/c1-10(14-16(25-6-5-24-14)18-26-3-2-4-27-18)30-17-12-7-11(20)8-13(19(21,22)23)15(12)28-9-29-17/h2-10H,1H3,(H,28,29,30). The fourth-order valence-electron chi connectivity index (χ4n) is 3.00. The maximum atomic E-state index is 13.4. The molecule has 0 radical (unpaired) electrons. The minimum atomic E-state index is -4.61. The van der Waals surface area contributed by atoms with E-state index in [9.17, 15) is 13.2 Å². The van der Waals surface area contributed by atoms with Crippen molar-refractivity contribution >= 4 is 28.3 Å². The number of fused-ring (bicyclic) bond motifs is 1. The van der Waals surface area contributed by atoms with Gasteiger partial charge in [-0.1, -0.05) is 11.6 Å². The average Bonchev–Trinajstić information content (AvgIpc) is 2.73. The summed E-state index contributed by atoms with van der Waals surface area (Å²) in [6, 6.07) is 3.43. The highest BCUT2D eigenvalue weighted by atomic mass is 35.5. The lowest BCUT2D eigenvalue weighted by Crippen LogP contribution is -2.14. The van der Waals surface area contributed by atoms with Crippen molar-refractivity contribution in [1.29, 1.82) is 0 Å². The zero-order valence-corrected chi connectivity index (χ0v) is 16.1. The van der Waals surface area contributed by atoms with Crippen LogP contribution in [-0.4, -0.2) is 29.9 Å². The monoisotopic (exact) mass is 431 g/mol. The van der Waals surface area contributed by atoms with Gasteiger partial charge in [0.2, 0.25) is 0 Å². The van der Waals surface area contributed by atoms with Crippen LogP contribution in [0.15, 0.2) is 49.3 Å². The summed E-state index contributed by atoms with van der Waals surface area (Å²) in [4.78, 5) is 25.0. The molecular weight excluding hydrogens is 419 g/mol. The molecule has 4 rings (SSSR count). The molecule has 4 aromatic rings. The van der Waals surface area contributed by atoms with Gasteiger partial charge in [-0.2, -0.15) is 13.2 Å². The summed E-state index contributed by atoms with van der Waals surface area (Å²) in [7, 11) is 0. The number of alkyl halides is 3. The minimum absolute atomic E-state index is 0.0711. The first kappa shape index (κ1) is 19.9. The molecule has 0 saturated heterocycles. The van der Waals surface area contributed by atoms with Crippen LogP contribution in [-0.2, 0) is 6.18 Å². The van der Waals surface area contributed by atoms with Crippen LogP contribution in [0.1, 0.15) is 24.2 Å². The third-order valence-corrected chi connectivity index (χ3v) is 4.49. The van der Waals surface area contributed by atoms with Gasteiger partial charge in [0.25, 0.3) is 0 Å². The molecule has 30 heavy (non-hydrogen) atoms. The number of anilines is 1. The zero-order valence-electron chi connectivity index (χ0n) is 15.4. The number of benzene rings is 1. The van der Waals surface area contributed by atoms with E-state index in [-0.39, 0.29) is 21.7 Å². The Hall–Kier alpha value is -3.40. The Morgan fingerprint density at radius 2 is 1.67 bits per heavy atom. The van der Waals surface area contributed by atoms with E-state index in [2.05, 4.69) is 35.2 Å². The Labute approximate surface area is 173 Å². The fraction of sp³-hybridized carbons (Fsp3) is 0.158. The van der Waals surface area contributed by atoms with Crippen LogP contribution >= 0.6 is 11.6 Å². The van der Waals surface area contributed by atoms with Crippen molar-refractivity contribution in [3.05, 3.63) is 65.6 Å². The molecule has 0 amide bonds. The summed E-state index contributed by atoms with van der Waals surface area (Å²) in [5, 5.41) is 3.16. The van der Waals surface area contributed by atoms with Crippen molar-refractivity contribution in [2.75, 3.05) is 5.32 Å². The smallest absolute Gasteiger partial charge is 0.361 e. The molecule has 0 aliphatic rings. The number of nitrogens with zero attached hydrogens (tertiary/aromatic N) is 6. The van der Waals surface area contributed by atoms with Crippen LogP contribution < -0.4 is 5.32 Å². The average molecular weight is 432 g/mol. The van der Waals surface area contributed by atoms with Gasteiger partial charge in [-0.05, 0) is 25.1 Å². The first-order valence-corrected chi connectivity index (χ1v) is 9.08. The maximum Gasteiger partial charge on any atom is 0.418 e. The molecule has 0 saturated carbocycles. The van der Waals surface area contributed by atoms with Gasteiger partial charge in [0, 0.05) is 35.2 Å². The van der Waals surface area contributed by atoms with Crippen molar-refractivity contribution < 1.29 is 13.2 Å². The lowest BCUT2D eigenvalue weighted by atomic mass is 10.1. The molecule has 3 aromatic heterocycles. The van der Waals surface area contributed by atoms with E-state index >= 15 is 0 Å². The number of nitrogens with one attached hydrogen (secondary N) is 1. The molecule has 0 aliphatic heterocycles. The molecular formula is C19H13ClF3N7. The topological polar surface area (TPSA) is 89.4 Å². The maximum absolute atomic E-state index is 13.4. The second-order valence-electron chi connectivity index (χ2n) is 6.30. The van der Waals surface area contributed by atoms with Gasteiger partial charge in [0.05, 0.1) is 22.8 Å². The molecule has 11 heteroatoms. The lowest BCUT2D eigenvalue weighted by Gasteiger charge is -2.18. The first-order valence-electron chi connectivity index (χ1n) is 8.71. The zero-order chi connectivity index (χ0) is 21.3. The SMILES string of the molecule is CC(Nc1ncnc2c(C(F)(F)F)cc(Cl)cc12)c1nccnc1-c1ncccn1. The van der Waals surface area contributed by atoms with Gasteiger partial charge in [0.1, 0.15) is 17.8 Å². The van der Waals surface area contributed by atoms with Crippen LogP contribution in [0.5, 0.6) is 0 Å². The van der Waals surface area contributed by atoms with E-state index < -0.39 is 17.8 Å². The van der Waals surface area contributed by atoms with Gasteiger partial charge in [-0.25, -0.2) is 24.9 Å². The molecule has 1 N–H and O–H groups in total. The molecule has 0 bridgehead atoms. The van der Waals surface area contributed by atoms with Crippen LogP contribution in [0.4, 0.5) is 19.0 Å². The second-order valence-corrected chi connectivity index (χ2v) is 6.73. The Kier molecular flexibility index (Phi) is 5.17. The largest absolute Gasteiger partial charge is 0.418 e. The van der Waals surface area contributed by atoms with Gasteiger partial charge < -0.3 is 5.32 Å². The number of rotatable bonds is 4. The van der Waals surface area contributed by atoms with E-state index in [0.29, 0.717) is 17.2 Å². The number of hydrogen-bond acceptors (Lipinski definition) is 7. The Morgan fingerprint density at radius 1 is 0.933 bits per heavy atom. The summed E-state index contributed by atoms with van der Waals surface area (Å²) in [6.45, 7) is 1.78. The van der Waals surface area contributed by atoms with Crippen LogP contribution in [0.3, 0.4) is 0 Å². The van der Waals surface area contributed by atoms with E-state index in [4.69, 9.17) is 11.6 Å². The minimum Gasteiger partial charge on any atom is -0.361 e. The quantitative estimate of drug-likeness (QED) is 0.500. The molecule has 1 atom stereocenters. The van der Waals surface area contributed by atoms with Crippen molar-refractivity contribution in [2.24, 2.45) is 0 Å². The molecule has 0 spiro atoms. The van der Waals surface area contributed by atoms with Gasteiger partial charge in [0.15, 0.2) is 5.82 Å². The highest BCUT2D eigenvalue weighted by Gasteiger charge is 2.34. The Morgan fingerprint density at radius 3 is 2.40 bits per heavy atom. The molecule has 7 nitrogen and oxygen atoms in total. The van der Waals surface area contributed by atoms with Crippen molar-refractivity contribution in [3.8, 4) is 11.5 Å². The van der Waals surface area contributed by atoms with Crippen molar-refractivity contribution in [2.45, 2.75) is 19.1 Å². The predicted molar refractivity (Wildman–Crippen MR) is 105 cm³/mol. The normalized spacial score (nSPS) is 12.7. The van der Waals surface area contributed by atoms with E-state index in [1.54, 1.807) is 25.4 Å². The van der Waals surface area contributed by atoms with Crippen LogP contribution in [0.25, 0.3) is 22.4 Å². The summed E-state index contributed by atoms with van der Waals surface area (Å²) in [5.41, 5.74) is -0.220. The molecule has 0 fully saturated rings. The second kappa shape index (κ2) is 7.79. The summed E-state index contributed by atoms with van der Waals surface area (Å²) < 4.78 is 40.3. The Bertz CT molecular complexity index is 1200. The van der Waals surface area contributed by atoms with Crippen LogP contribution in [0, 0.1) is 0 Å². The predicted octanol–water partition coefficient (Wildman–Crippen LogP) is 4.72. The number of aromatic nitrogens is 6. The molecule has 1 unspecified atom stereocenters. The highest BCUT2D eigenvalue weighted by molar-refractivity contribution is 6.31. The van der Waals surface area contributed by atoms with Crippen molar-refractivity contribution in [3.63, 3.8) is 0 Å². The third kappa shape index (κ3) is 3.86. The molecule has 1 aromatic carbocycles. The molecule has 3 heterocycles. The lowest BCUT2D eigenvalue weighted by molar-refractivity contribution is -0.136. The van der Waals surface area contributed by atoms with Crippen molar-refractivity contribution in [1.82, 2.24) is 29.9 Å². The van der Waals surface area contributed by atoms with Gasteiger partial charge in [-0.3, -0.25) is 4.98 Å². The van der Waals surface area contributed by atoms with E-state index in [1.165, 1.54) is 18.5 Å². The van der Waals surface area contributed by atoms with E-state index in [1.807, 2.05) is 0 Å². The number of halogens is 4. The summed E-state index contributed by atoms with van der Waals surface area (Å²) in [6.07, 6.45) is 2.64.